The van der Waals surface area contributed by atoms with Gasteiger partial charge in [-0.3, -0.25) is 0 Å². The van der Waals surface area contributed by atoms with Crippen LogP contribution in [-0.4, -0.2) is 11.0 Å². The highest BCUT2D eigenvalue weighted by atomic mass is 32.1. The first kappa shape index (κ1) is 13.0. The van der Waals surface area contributed by atoms with Crippen molar-refractivity contribution in [3.63, 3.8) is 0 Å². The first-order valence-corrected chi connectivity index (χ1v) is 7.50. The quantitative estimate of drug-likeness (QED) is 0.879. The molecule has 0 saturated heterocycles. The third-order valence-corrected chi connectivity index (χ3v) is 4.65. The highest BCUT2D eigenvalue weighted by Gasteiger charge is 2.32. The minimum atomic E-state index is 0.390. The van der Waals surface area contributed by atoms with Crippen molar-refractivity contribution in [3.8, 4) is 0 Å². The van der Waals surface area contributed by atoms with Gasteiger partial charge in [-0.2, -0.15) is 0 Å². The van der Waals surface area contributed by atoms with E-state index in [1.807, 2.05) is 6.20 Å². The maximum Gasteiger partial charge on any atom is 0.109 e. The van der Waals surface area contributed by atoms with Crippen LogP contribution in [0.3, 0.4) is 0 Å². The second-order valence-corrected chi connectivity index (χ2v) is 7.30. The smallest absolute Gasteiger partial charge is 0.109 e. The van der Waals surface area contributed by atoms with Crippen molar-refractivity contribution in [2.24, 2.45) is 11.3 Å². The molecule has 2 nitrogen and oxygen atoms in total. The largest absolute Gasteiger partial charge is 0.305 e. The lowest BCUT2D eigenvalue weighted by Gasteiger charge is -2.40. The van der Waals surface area contributed by atoms with Gasteiger partial charge in [-0.15, -0.1) is 11.3 Å². The van der Waals surface area contributed by atoms with Gasteiger partial charge in [-0.1, -0.05) is 20.8 Å². The normalized spacial score (nSPS) is 30.1. The van der Waals surface area contributed by atoms with Gasteiger partial charge in [-0.25, -0.2) is 4.98 Å². The van der Waals surface area contributed by atoms with E-state index in [2.05, 4.69) is 43.4 Å². The monoisotopic (exact) mass is 252 g/mol. The third kappa shape index (κ3) is 3.52. The van der Waals surface area contributed by atoms with Crippen molar-refractivity contribution in [3.05, 3.63) is 16.6 Å². The average molecular weight is 252 g/mol. The van der Waals surface area contributed by atoms with E-state index in [4.69, 9.17) is 0 Å². The van der Waals surface area contributed by atoms with Crippen LogP contribution in [0.1, 0.15) is 58.0 Å². The van der Waals surface area contributed by atoms with Crippen molar-refractivity contribution >= 4 is 11.3 Å². The van der Waals surface area contributed by atoms with Crippen molar-refractivity contribution in [2.75, 3.05) is 0 Å². The van der Waals surface area contributed by atoms with Gasteiger partial charge >= 0.3 is 0 Å². The highest BCUT2D eigenvalue weighted by Crippen LogP contribution is 2.39. The van der Waals surface area contributed by atoms with Gasteiger partial charge in [0, 0.05) is 17.6 Å². The van der Waals surface area contributed by atoms with E-state index in [0.29, 0.717) is 17.5 Å². The first-order valence-electron chi connectivity index (χ1n) is 6.62. The molecule has 1 fully saturated rings. The Bertz CT molecular complexity index is 345. The molecule has 1 N–H and O–H groups in total. The van der Waals surface area contributed by atoms with Crippen molar-refractivity contribution in [1.82, 2.24) is 10.3 Å². The third-order valence-electron chi connectivity index (χ3n) is 3.69. The number of aromatic nitrogens is 1. The summed E-state index contributed by atoms with van der Waals surface area (Å²) in [5.41, 5.74) is 0.484. The molecule has 1 aromatic heterocycles. The second kappa shape index (κ2) is 5.07. The van der Waals surface area contributed by atoms with Gasteiger partial charge in [-0.05, 0) is 37.5 Å². The van der Waals surface area contributed by atoms with Crippen LogP contribution < -0.4 is 5.32 Å². The van der Waals surface area contributed by atoms with Crippen LogP contribution >= 0.6 is 11.3 Å². The Hall–Kier alpha value is -0.410. The van der Waals surface area contributed by atoms with E-state index in [9.17, 15) is 0 Å². The average Bonchev–Trinajstić information content (AvgIpc) is 2.65. The van der Waals surface area contributed by atoms with E-state index in [1.54, 1.807) is 11.3 Å². The molecule has 1 aliphatic rings. The molecule has 0 aromatic carbocycles. The molecule has 3 atom stereocenters. The number of thiazole rings is 1. The first-order chi connectivity index (χ1) is 7.96. The molecular formula is C14H24N2S. The van der Waals surface area contributed by atoms with Crippen LogP contribution in [0.25, 0.3) is 0 Å². The summed E-state index contributed by atoms with van der Waals surface area (Å²) in [6.07, 6.45) is 5.84. The van der Waals surface area contributed by atoms with Gasteiger partial charge in [0.15, 0.2) is 0 Å². The Morgan fingerprint density at radius 2 is 2.24 bits per heavy atom. The molecule has 96 valence electrons. The maximum atomic E-state index is 4.39. The van der Waals surface area contributed by atoms with Crippen LogP contribution in [-0.2, 0) is 0 Å². The Labute approximate surface area is 109 Å². The number of rotatable bonds is 3. The molecule has 0 radical (unpaired) electrons. The highest BCUT2D eigenvalue weighted by molar-refractivity contribution is 7.09. The van der Waals surface area contributed by atoms with Gasteiger partial charge in [0.25, 0.3) is 0 Å². The van der Waals surface area contributed by atoms with Crippen LogP contribution in [0.5, 0.6) is 0 Å². The van der Waals surface area contributed by atoms with Gasteiger partial charge in [0.05, 0.1) is 6.04 Å². The Balaban J connectivity index is 1.94. The predicted octanol–water partition coefficient (Wildman–Crippen LogP) is 4.01. The molecule has 0 bridgehead atoms. The maximum absolute atomic E-state index is 4.39. The minimum absolute atomic E-state index is 0.390. The lowest BCUT2D eigenvalue weighted by molar-refractivity contribution is 0.145. The van der Waals surface area contributed by atoms with Crippen LogP contribution in [0.15, 0.2) is 11.6 Å². The van der Waals surface area contributed by atoms with E-state index in [0.717, 1.165) is 5.92 Å². The second-order valence-electron chi connectivity index (χ2n) is 6.37. The van der Waals surface area contributed by atoms with Crippen molar-refractivity contribution in [1.29, 1.82) is 0 Å². The Morgan fingerprint density at radius 1 is 1.47 bits per heavy atom. The molecule has 0 aliphatic heterocycles. The molecular weight excluding hydrogens is 228 g/mol. The van der Waals surface area contributed by atoms with E-state index in [1.165, 1.54) is 24.3 Å². The molecule has 3 unspecified atom stereocenters. The summed E-state index contributed by atoms with van der Waals surface area (Å²) in [5.74, 6) is 0.833. The predicted molar refractivity (Wildman–Crippen MR) is 74.2 cm³/mol. The standard InChI is InChI=1S/C14H24N2S/c1-10-7-12(9-14(3,4)8-10)16-11(2)13-15-5-6-17-13/h5-6,10-12,16H,7-9H2,1-4H3. The molecule has 1 aliphatic carbocycles. The Kier molecular flexibility index (Phi) is 3.88. The van der Waals surface area contributed by atoms with Gasteiger partial charge in [0.1, 0.15) is 5.01 Å². The lowest BCUT2D eigenvalue weighted by atomic mass is 9.70. The van der Waals surface area contributed by atoms with Gasteiger partial charge in [0.2, 0.25) is 0 Å². The fourth-order valence-corrected chi connectivity index (χ4v) is 4.00. The van der Waals surface area contributed by atoms with Crippen LogP contribution in [0.2, 0.25) is 0 Å². The van der Waals surface area contributed by atoms with E-state index in [-0.39, 0.29) is 0 Å². The summed E-state index contributed by atoms with van der Waals surface area (Å²) in [4.78, 5) is 4.39. The van der Waals surface area contributed by atoms with E-state index >= 15 is 0 Å². The summed E-state index contributed by atoms with van der Waals surface area (Å²) < 4.78 is 0. The zero-order valence-electron chi connectivity index (χ0n) is 11.4. The molecule has 0 amide bonds. The van der Waals surface area contributed by atoms with E-state index < -0.39 is 0 Å². The van der Waals surface area contributed by atoms with Crippen molar-refractivity contribution in [2.45, 2.75) is 59.0 Å². The molecule has 1 aromatic rings. The topological polar surface area (TPSA) is 24.9 Å². The molecule has 3 heteroatoms. The summed E-state index contributed by atoms with van der Waals surface area (Å²) >= 11 is 1.75. The Morgan fingerprint density at radius 3 is 2.82 bits per heavy atom. The molecule has 17 heavy (non-hydrogen) atoms. The lowest BCUT2D eigenvalue weighted by Crippen LogP contribution is -2.41. The minimum Gasteiger partial charge on any atom is -0.305 e. The SMILES string of the molecule is CC1CC(NC(C)c2nccs2)CC(C)(C)C1. The fourth-order valence-electron chi connectivity index (χ4n) is 3.35. The molecule has 1 saturated carbocycles. The van der Waals surface area contributed by atoms with Crippen molar-refractivity contribution < 1.29 is 0 Å². The fraction of sp³-hybridized carbons (Fsp3) is 0.786. The molecule has 1 heterocycles. The van der Waals surface area contributed by atoms with Gasteiger partial charge < -0.3 is 5.32 Å². The van der Waals surface area contributed by atoms with Crippen LogP contribution in [0, 0.1) is 11.3 Å². The number of hydrogen-bond donors (Lipinski definition) is 1. The summed E-state index contributed by atoms with van der Waals surface area (Å²) in [6, 6.07) is 1.04. The zero-order valence-corrected chi connectivity index (χ0v) is 12.2. The molecule has 2 rings (SSSR count). The summed E-state index contributed by atoms with van der Waals surface area (Å²) in [6.45, 7) is 9.39. The molecule has 0 spiro atoms. The summed E-state index contributed by atoms with van der Waals surface area (Å²) in [5, 5.41) is 7.02. The number of hydrogen-bond acceptors (Lipinski definition) is 3. The number of nitrogens with zero attached hydrogens (tertiary/aromatic N) is 1. The number of nitrogens with one attached hydrogen (secondary N) is 1. The summed E-state index contributed by atoms with van der Waals surface area (Å²) in [7, 11) is 0. The zero-order chi connectivity index (χ0) is 12.5. The van der Waals surface area contributed by atoms with Crippen LogP contribution in [0.4, 0.5) is 0 Å².